The fourth-order valence-electron chi connectivity index (χ4n) is 2.12. The molecule has 2 rings (SSSR count). The Bertz CT molecular complexity index is 572. The summed E-state index contributed by atoms with van der Waals surface area (Å²) < 4.78 is 8.66. The molecular weight excluding hydrogens is 318 g/mol. The average molecular weight is 340 g/mol. The van der Waals surface area contributed by atoms with Gasteiger partial charge in [0.1, 0.15) is 5.76 Å². The van der Waals surface area contributed by atoms with Crippen LogP contribution in [0, 0.1) is 19.8 Å². The normalized spacial score (nSPS) is 11.5. The quantitative estimate of drug-likeness (QED) is 0.873. The van der Waals surface area contributed by atoms with E-state index < -0.39 is 0 Å². The molecule has 0 radical (unpaired) electrons. The molecule has 0 aliphatic rings. The molecule has 0 aliphatic carbocycles. The van der Waals surface area contributed by atoms with Crippen molar-refractivity contribution in [1.82, 2.24) is 15.1 Å². The lowest BCUT2D eigenvalue weighted by molar-refractivity contribution is 0.466. The zero-order valence-electron chi connectivity index (χ0n) is 12.5. The molecule has 5 heteroatoms. The summed E-state index contributed by atoms with van der Waals surface area (Å²) in [5, 5.41) is 7.97. The highest BCUT2D eigenvalue weighted by molar-refractivity contribution is 9.10. The van der Waals surface area contributed by atoms with Gasteiger partial charge in [-0.3, -0.25) is 4.68 Å². The van der Waals surface area contributed by atoms with E-state index in [1.807, 2.05) is 17.7 Å². The second-order valence-corrected chi connectivity index (χ2v) is 6.33. The van der Waals surface area contributed by atoms with Crippen LogP contribution < -0.4 is 5.32 Å². The van der Waals surface area contributed by atoms with Crippen molar-refractivity contribution >= 4 is 15.9 Å². The van der Waals surface area contributed by atoms with E-state index in [2.05, 4.69) is 47.1 Å². The Labute approximate surface area is 128 Å². The molecule has 0 aliphatic heterocycles. The van der Waals surface area contributed by atoms with Gasteiger partial charge in [0, 0.05) is 12.1 Å². The van der Waals surface area contributed by atoms with Crippen LogP contribution in [0.15, 0.2) is 21.2 Å². The first kappa shape index (κ1) is 15.3. The second kappa shape index (κ2) is 6.59. The molecule has 0 aromatic carbocycles. The van der Waals surface area contributed by atoms with E-state index in [0.29, 0.717) is 12.5 Å². The number of rotatable bonds is 6. The van der Waals surface area contributed by atoms with E-state index >= 15 is 0 Å². The predicted octanol–water partition coefficient (Wildman–Crippen LogP) is 3.65. The summed E-state index contributed by atoms with van der Waals surface area (Å²) in [6.45, 7) is 11.0. The van der Waals surface area contributed by atoms with Crippen LogP contribution in [-0.4, -0.2) is 16.3 Å². The Morgan fingerprint density at radius 3 is 2.75 bits per heavy atom. The first-order valence-electron chi connectivity index (χ1n) is 6.94. The van der Waals surface area contributed by atoms with Gasteiger partial charge in [0.25, 0.3) is 0 Å². The Morgan fingerprint density at radius 2 is 2.15 bits per heavy atom. The maximum atomic E-state index is 5.61. The van der Waals surface area contributed by atoms with Crippen LogP contribution in [0.4, 0.5) is 0 Å². The topological polar surface area (TPSA) is 43.0 Å². The van der Waals surface area contributed by atoms with Crippen molar-refractivity contribution in [2.45, 2.75) is 40.8 Å². The first-order valence-corrected chi connectivity index (χ1v) is 7.73. The summed E-state index contributed by atoms with van der Waals surface area (Å²) in [4.78, 5) is 0. The SMILES string of the molecule is Cc1nn(Cc2occc2CNCC(C)C)c(C)c1Br. The summed E-state index contributed by atoms with van der Waals surface area (Å²) in [6, 6.07) is 2.03. The van der Waals surface area contributed by atoms with E-state index in [-0.39, 0.29) is 0 Å². The molecule has 0 saturated carbocycles. The van der Waals surface area contributed by atoms with Gasteiger partial charge in [0.05, 0.1) is 28.7 Å². The molecule has 110 valence electrons. The number of aryl methyl sites for hydroxylation is 1. The molecule has 0 saturated heterocycles. The van der Waals surface area contributed by atoms with Crippen molar-refractivity contribution < 1.29 is 4.42 Å². The lowest BCUT2D eigenvalue weighted by Gasteiger charge is -2.08. The highest BCUT2D eigenvalue weighted by atomic mass is 79.9. The van der Waals surface area contributed by atoms with Crippen molar-refractivity contribution in [3.05, 3.63) is 39.5 Å². The molecule has 2 heterocycles. The van der Waals surface area contributed by atoms with E-state index in [9.17, 15) is 0 Å². The monoisotopic (exact) mass is 339 g/mol. The molecule has 0 amide bonds. The maximum Gasteiger partial charge on any atom is 0.129 e. The predicted molar refractivity (Wildman–Crippen MR) is 83.8 cm³/mol. The number of nitrogens with one attached hydrogen (secondary N) is 1. The standard InChI is InChI=1S/C15H22BrN3O/c1-10(2)7-17-8-13-5-6-20-14(13)9-19-12(4)15(16)11(3)18-19/h5-6,10,17H,7-9H2,1-4H3. The minimum Gasteiger partial charge on any atom is -0.467 e. The molecule has 2 aromatic heterocycles. The van der Waals surface area contributed by atoms with Crippen LogP contribution in [0.2, 0.25) is 0 Å². The van der Waals surface area contributed by atoms with Crippen molar-refractivity contribution in [1.29, 1.82) is 0 Å². The summed E-state index contributed by atoms with van der Waals surface area (Å²) >= 11 is 3.55. The van der Waals surface area contributed by atoms with Gasteiger partial charge in [-0.25, -0.2) is 0 Å². The van der Waals surface area contributed by atoms with Gasteiger partial charge >= 0.3 is 0 Å². The lowest BCUT2D eigenvalue weighted by atomic mass is 10.2. The molecule has 0 fully saturated rings. The van der Waals surface area contributed by atoms with Gasteiger partial charge in [-0.15, -0.1) is 0 Å². The van der Waals surface area contributed by atoms with Crippen LogP contribution in [0.5, 0.6) is 0 Å². The number of aromatic nitrogens is 2. The van der Waals surface area contributed by atoms with E-state index in [1.54, 1.807) is 6.26 Å². The summed E-state index contributed by atoms with van der Waals surface area (Å²) in [7, 11) is 0. The summed E-state index contributed by atoms with van der Waals surface area (Å²) in [6.07, 6.45) is 1.75. The van der Waals surface area contributed by atoms with Gasteiger partial charge in [-0.1, -0.05) is 13.8 Å². The van der Waals surface area contributed by atoms with Crippen molar-refractivity contribution in [3.63, 3.8) is 0 Å². The summed E-state index contributed by atoms with van der Waals surface area (Å²) in [5.74, 6) is 1.62. The van der Waals surface area contributed by atoms with Crippen LogP contribution in [0.1, 0.15) is 36.6 Å². The van der Waals surface area contributed by atoms with Crippen LogP contribution in [-0.2, 0) is 13.1 Å². The van der Waals surface area contributed by atoms with Crippen molar-refractivity contribution in [3.8, 4) is 0 Å². The molecule has 0 atom stereocenters. The average Bonchev–Trinajstić information content (AvgIpc) is 2.91. The number of nitrogens with zero attached hydrogens (tertiary/aromatic N) is 2. The number of hydrogen-bond donors (Lipinski definition) is 1. The molecule has 20 heavy (non-hydrogen) atoms. The third kappa shape index (κ3) is 3.52. The van der Waals surface area contributed by atoms with Crippen molar-refractivity contribution in [2.24, 2.45) is 5.92 Å². The maximum absolute atomic E-state index is 5.61. The Hall–Kier alpha value is -1.07. The van der Waals surface area contributed by atoms with Crippen LogP contribution in [0.25, 0.3) is 0 Å². The van der Waals surface area contributed by atoms with E-state index in [0.717, 1.165) is 34.7 Å². The molecule has 2 aromatic rings. The summed E-state index contributed by atoms with van der Waals surface area (Å²) in [5.41, 5.74) is 3.34. The Morgan fingerprint density at radius 1 is 1.40 bits per heavy atom. The molecule has 0 bridgehead atoms. The highest BCUT2D eigenvalue weighted by Crippen LogP contribution is 2.21. The third-order valence-electron chi connectivity index (χ3n) is 3.29. The fourth-order valence-corrected chi connectivity index (χ4v) is 2.41. The Kier molecular flexibility index (Phi) is 5.05. The van der Waals surface area contributed by atoms with Crippen LogP contribution >= 0.6 is 15.9 Å². The van der Waals surface area contributed by atoms with Gasteiger partial charge in [0.2, 0.25) is 0 Å². The minimum absolute atomic E-state index is 0.650. The molecule has 1 N–H and O–H groups in total. The van der Waals surface area contributed by atoms with Gasteiger partial charge in [-0.2, -0.15) is 5.10 Å². The smallest absolute Gasteiger partial charge is 0.129 e. The van der Waals surface area contributed by atoms with Crippen LogP contribution in [0.3, 0.4) is 0 Å². The van der Waals surface area contributed by atoms with Gasteiger partial charge in [0.15, 0.2) is 0 Å². The van der Waals surface area contributed by atoms with Gasteiger partial charge < -0.3 is 9.73 Å². The van der Waals surface area contributed by atoms with Gasteiger partial charge in [-0.05, 0) is 48.3 Å². The lowest BCUT2D eigenvalue weighted by Crippen LogP contribution is -2.19. The third-order valence-corrected chi connectivity index (χ3v) is 4.44. The minimum atomic E-state index is 0.650. The molecular formula is C15H22BrN3O. The fraction of sp³-hybridized carbons (Fsp3) is 0.533. The highest BCUT2D eigenvalue weighted by Gasteiger charge is 2.13. The van der Waals surface area contributed by atoms with E-state index in [1.165, 1.54) is 5.56 Å². The first-order chi connectivity index (χ1) is 9.49. The largest absolute Gasteiger partial charge is 0.467 e. The zero-order chi connectivity index (χ0) is 14.7. The molecule has 0 spiro atoms. The van der Waals surface area contributed by atoms with E-state index in [4.69, 9.17) is 4.42 Å². The molecule has 0 unspecified atom stereocenters. The zero-order valence-corrected chi connectivity index (χ0v) is 14.1. The number of furan rings is 1. The molecule has 4 nitrogen and oxygen atoms in total. The Balaban J connectivity index is 2.06. The second-order valence-electron chi connectivity index (χ2n) is 5.54. The van der Waals surface area contributed by atoms with Crippen molar-refractivity contribution in [2.75, 3.05) is 6.54 Å². The number of hydrogen-bond acceptors (Lipinski definition) is 3. The number of halogens is 1.